The maximum absolute atomic E-state index is 4.58. The number of hydrogen-bond donors (Lipinski definition) is 0. The highest BCUT2D eigenvalue weighted by atomic mass is 15.1. The van der Waals surface area contributed by atoms with E-state index < -0.39 is 0 Å². The standard InChI is InChI=1S/C13H20N4/c1-10(2)11-5-6-12-13(15-11)14-9-17(12)8-7-16(3)4/h5-6,9-10H,7-8H2,1-4H3. The zero-order valence-corrected chi connectivity index (χ0v) is 11.0. The van der Waals surface area contributed by atoms with Gasteiger partial charge in [-0.3, -0.25) is 0 Å². The van der Waals surface area contributed by atoms with Crippen LogP contribution >= 0.6 is 0 Å². The molecular weight excluding hydrogens is 212 g/mol. The van der Waals surface area contributed by atoms with Crippen LogP contribution in [0.2, 0.25) is 0 Å². The number of likely N-dealkylation sites (N-methyl/N-ethyl adjacent to an activating group) is 1. The number of rotatable bonds is 4. The van der Waals surface area contributed by atoms with Gasteiger partial charge in [-0.1, -0.05) is 13.8 Å². The van der Waals surface area contributed by atoms with E-state index in [0.29, 0.717) is 5.92 Å². The molecule has 0 bridgehead atoms. The third kappa shape index (κ3) is 2.64. The Bertz CT molecular complexity index is 499. The number of pyridine rings is 1. The minimum Gasteiger partial charge on any atom is -0.328 e. The maximum atomic E-state index is 4.58. The van der Waals surface area contributed by atoms with Crippen molar-refractivity contribution in [1.82, 2.24) is 19.4 Å². The van der Waals surface area contributed by atoms with E-state index in [-0.39, 0.29) is 0 Å². The monoisotopic (exact) mass is 232 g/mol. The molecule has 0 spiro atoms. The molecule has 17 heavy (non-hydrogen) atoms. The second kappa shape index (κ2) is 4.84. The number of fused-ring (bicyclic) bond motifs is 1. The molecule has 2 aromatic heterocycles. The fourth-order valence-corrected chi connectivity index (χ4v) is 1.77. The summed E-state index contributed by atoms with van der Waals surface area (Å²) >= 11 is 0. The van der Waals surface area contributed by atoms with Crippen molar-refractivity contribution in [1.29, 1.82) is 0 Å². The zero-order valence-electron chi connectivity index (χ0n) is 11.0. The quantitative estimate of drug-likeness (QED) is 0.809. The predicted octanol–water partition coefficient (Wildman–Crippen LogP) is 2.12. The number of hydrogen-bond acceptors (Lipinski definition) is 3. The Morgan fingerprint density at radius 2 is 2.06 bits per heavy atom. The van der Waals surface area contributed by atoms with Crippen molar-refractivity contribution in [2.45, 2.75) is 26.3 Å². The van der Waals surface area contributed by atoms with Crippen molar-refractivity contribution in [2.75, 3.05) is 20.6 Å². The first-order chi connectivity index (χ1) is 8.08. The van der Waals surface area contributed by atoms with Crippen molar-refractivity contribution in [3.63, 3.8) is 0 Å². The molecule has 0 aliphatic heterocycles. The van der Waals surface area contributed by atoms with Gasteiger partial charge in [-0.15, -0.1) is 0 Å². The lowest BCUT2D eigenvalue weighted by atomic mass is 10.1. The summed E-state index contributed by atoms with van der Waals surface area (Å²) in [4.78, 5) is 11.1. The Morgan fingerprint density at radius 1 is 1.29 bits per heavy atom. The Hall–Kier alpha value is -1.42. The molecule has 0 N–H and O–H groups in total. The summed E-state index contributed by atoms with van der Waals surface area (Å²) in [6, 6.07) is 4.22. The van der Waals surface area contributed by atoms with Gasteiger partial charge in [0, 0.05) is 18.8 Å². The fourth-order valence-electron chi connectivity index (χ4n) is 1.77. The minimum atomic E-state index is 0.450. The molecule has 0 saturated heterocycles. The molecule has 0 unspecified atom stereocenters. The summed E-state index contributed by atoms with van der Waals surface area (Å²) in [5, 5.41) is 0. The van der Waals surface area contributed by atoms with Crippen molar-refractivity contribution in [3.05, 3.63) is 24.2 Å². The van der Waals surface area contributed by atoms with Crippen LogP contribution in [-0.4, -0.2) is 40.1 Å². The normalized spacial score (nSPS) is 11.9. The largest absolute Gasteiger partial charge is 0.328 e. The second-order valence-corrected chi connectivity index (χ2v) is 4.97. The van der Waals surface area contributed by atoms with Gasteiger partial charge in [0.25, 0.3) is 0 Å². The molecule has 2 aromatic rings. The van der Waals surface area contributed by atoms with Crippen LogP contribution in [0.5, 0.6) is 0 Å². The molecule has 0 fully saturated rings. The van der Waals surface area contributed by atoms with E-state index in [9.17, 15) is 0 Å². The molecule has 0 aliphatic rings. The Labute approximate surface area is 102 Å². The predicted molar refractivity (Wildman–Crippen MR) is 70.2 cm³/mol. The number of imidazole rings is 1. The van der Waals surface area contributed by atoms with E-state index >= 15 is 0 Å². The average molecular weight is 232 g/mol. The van der Waals surface area contributed by atoms with Crippen LogP contribution in [-0.2, 0) is 6.54 Å². The van der Waals surface area contributed by atoms with Crippen molar-refractivity contribution in [3.8, 4) is 0 Å². The Balaban J connectivity index is 2.28. The summed E-state index contributed by atoms with van der Waals surface area (Å²) in [5.74, 6) is 0.450. The van der Waals surface area contributed by atoms with Gasteiger partial charge in [0.05, 0.1) is 11.8 Å². The van der Waals surface area contributed by atoms with Gasteiger partial charge in [0.2, 0.25) is 0 Å². The fraction of sp³-hybridized carbons (Fsp3) is 0.538. The van der Waals surface area contributed by atoms with Gasteiger partial charge < -0.3 is 9.47 Å². The Morgan fingerprint density at radius 3 is 2.71 bits per heavy atom. The van der Waals surface area contributed by atoms with E-state index in [4.69, 9.17) is 0 Å². The van der Waals surface area contributed by atoms with Crippen LogP contribution in [0, 0.1) is 0 Å². The third-order valence-corrected chi connectivity index (χ3v) is 2.88. The summed E-state index contributed by atoms with van der Waals surface area (Å²) in [5.41, 5.74) is 3.08. The van der Waals surface area contributed by atoms with Crippen LogP contribution in [0.4, 0.5) is 0 Å². The molecule has 4 heteroatoms. The first-order valence-corrected chi connectivity index (χ1v) is 6.04. The molecule has 0 radical (unpaired) electrons. The summed E-state index contributed by atoms with van der Waals surface area (Å²) in [6.07, 6.45) is 1.88. The zero-order chi connectivity index (χ0) is 12.4. The lowest BCUT2D eigenvalue weighted by molar-refractivity contribution is 0.386. The molecular formula is C13H20N4. The second-order valence-electron chi connectivity index (χ2n) is 4.97. The third-order valence-electron chi connectivity index (χ3n) is 2.88. The van der Waals surface area contributed by atoms with Gasteiger partial charge in [0.15, 0.2) is 5.65 Å². The minimum absolute atomic E-state index is 0.450. The highest BCUT2D eigenvalue weighted by Gasteiger charge is 2.07. The molecule has 0 saturated carbocycles. The number of aromatic nitrogens is 3. The topological polar surface area (TPSA) is 34.0 Å². The van der Waals surface area contributed by atoms with E-state index in [0.717, 1.165) is 29.9 Å². The van der Waals surface area contributed by atoms with Crippen LogP contribution in [0.15, 0.2) is 18.5 Å². The van der Waals surface area contributed by atoms with Crippen LogP contribution < -0.4 is 0 Å². The van der Waals surface area contributed by atoms with Crippen molar-refractivity contribution < 1.29 is 0 Å². The smallest absolute Gasteiger partial charge is 0.177 e. The van der Waals surface area contributed by atoms with E-state index in [1.165, 1.54) is 0 Å². The van der Waals surface area contributed by atoms with Gasteiger partial charge in [-0.2, -0.15) is 0 Å². The lowest BCUT2D eigenvalue weighted by Gasteiger charge is -2.10. The van der Waals surface area contributed by atoms with Gasteiger partial charge in [0.1, 0.15) is 0 Å². The molecule has 0 amide bonds. The molecule has 2 rings (SSSR count). The first-order valence-electron chi connectivity index (χ1n) is 6.04. The molecule has 0 aliphatic carbocycles. The summed E-state index contributed by atoms with van der Waals surface area (Å²) in [7, 11) is 4.16. The Kier molecular flexibility index (Phi) is 3.43. The molecule has 0 atom stereocenters. The maximum Gasteiger partial charge on any atom is 0.177 e. The SMILES string of the molecule is CC(C)c1ccc2c(ncn2CCN(C)C)n1. The summed E-state index contributed by atoms with van der Waals surface area (Å²) < 4.78 is 2.16. The lowest BCUT2D eigenvalue weighted by Crippen LogP contribution is -2.17. The number of nitrogens with zero attached hydrogens (tertiary/aromatic N) is 4. The van der Waals surface area contributed by atoms with Crippen LogP contribution in [0.25, 0.3) is 11.2 Å². The highest BCUT2D eigenvalue weighted by Crippen LogP contribution is 2.16. The van der Waals surface area contributed by atoms with Crippen LogP contribution in [0.3, 0.4) is 0 Å². The molecule has 2 heterocycles. The molecule has 92 valence electrons. The van der Waals surface area contributed by atoms with Crippen LogP contribution in [0.1, 0.15) is 25.5 Å². The van der Waals surface area contributed by atoms with Gasteiger partial charge >= 0.3 is 0 Å². The van der Waals surface area contributed by atoms with Gasteiger partial charge in [-0.25, -0.2) is 9.97 Å². The summed E-state index contributed by atoms with van der Waals surface area (Å²) in [6.45, 7) is 6.26. The van der Waals surface area contributed by atoms with Crippen molar-refractivity contribution >= 4 is 11.2 Å². The van der Waals surface area contributed by atoms with E-state index in [1.807, 2.05) is 6.33 Å². The average Bonchev–Trinajstić information content (AvgIpc) is 2.68. The highest BCUT2D eigenvalue weighted by molar-refractivity contribution is 5.70. The van der Waals surface area contributed by atoms with E-state index in [1.54, 1.807) is 0 Å². The van der Waals surface area contributed by atoms with E-state index in [2.05, 4.69) is 59.5 Å². The first kappa shape index (κ1) is 12.0. The molecule has 0 aromatic carbocycles. The van der Waals surface area contributed by atoms with Crippen molar-refractivity contribution in [2.24, 2.45) is 0 Å². The molecule has 4 nitrogen and oxygen atoms in total. The van der Waals surface area contributed by atoms with Gasteiger partial charge in [-0.05, 0) is 32.1 Å².